The van der Waals surface area contributed by atoms with Crippen molar-refractivity contribution in [1.29, 1.82) is 0 Å². The SMILES string of the molecule is CC(C)(C)c1cncc2oc3ccccc3c12. The van der Waals surface area contributed by atoms with Crippen molar-refractivity contribution in [1.82, 2.24) is 4.98 Å². The minimum absolute atomic E-state index is 0.0686. The Morgan fingerprint density at radius 1 is 1.00 bits per heavy atom. The molecule has 1 aromatic carbocycles. The molecule has 0 radical (unpaired) electrons. The summed E-state index contributed by atoms with van der Waals surface area (Å²) in [6, 6.07) is 8.15. The monoisotopic (exact) mass is 225 g/mol. The van der Waals surface area contributed by atoms with E-state index >= 15 is 0 Å². The summed E-state index contributed by atoms with van der Waals surface area (Å²) in [5, 5.41) is 2.37. The highest BCUT2D eigenvalue weighted by Crippen LogP contribution is 2.35. The van der Waals surface area contributed by atoms with Gasteiger partial charge in [0.25, 0.3) is 0 Å². The highest BCUT2D eigenvalue weighted by atomic mass is 16.3. The van der Waals surface area contributed by atoms with Crippen molar-refractivity contribution < 1.29 is 4.42 Å². The van der Waals surface area contributed by atoms with E-state index in [1.165, 1.54) is 16.3 Å². The van der Waals surface area contributed by atoms with Crippen LogP contribution in [0.2, 0.25) is 0 Å². The van der Waals surface area contributed by atoms with Crippen molar-refractivity contribution in [2.75, 3.05) is 0 Å². The molecule has 0 aliphatic heterocycles. The maximum atomic E-state index is 5.83. The van der Waals surface area contributed by atoms with Crippen LogP contribution in [0.3, 0.4) is 0 Å². The number of nitrogens with zero attached hydrogens (tertiary/aromatic N) is 1. The minimum Gasteiger partial charge on any atom is -0.454 e. The van der Waals surface area contributed by atoms with E-state index in [2.05, 4.69) is 31.8 Å². The third kappa shape index (κ3) is 1.52. The largest absolute Gasteiger partial charge is 0.454 e. The van der Waals surface area contributed by atoms with E-state index in [4.69, 9.17) is 4.42 Å². The van der Waals surface area contributed by atoms with Gasteiger partial charge in [-0.15, -0.1) is 0 Å². The van der Waals surface area contributed by atoms with Gasteiger partial charge in [-0.25, -0.2) is 0 Å². The molecule has 0 atom stereocenters. The molecular weight excluding hydrogens is 210 g/mol. The van der Waals surface area contributed by atoms with E-state index in [9.17, 15) is 0 Å². The van der Waals surface area contributed by atoms with Crippen molar-refractivity contribution in [3.63, 3.8) is 0 Å². The smallest absolute Gasteiger partial charge is 0.153 e. The average molecular weight is 225 g/mol. The second-order valence-electron chi connectivity index (χ2n) is 5.41. The summed E-state index contributed by atoms with van der Waals surface area (Å²) < 4.78 is 5.83. The third-order valence-corrected chi connectivity index (χ3v) is 3.10. The quantitative estimate of drug-likeness (QED) is 0.570. The summed E-state index contributed by atoms with van der Waals surface area (Å²) >= 11 is 0. The van der Waals surface area contributed by atoms with Gasteiger partial charge in [-0.3, -0.25) is 4.98 Å². The molecule has 0 unspecified atom stereocenters. The molecular formula is C15H15NO. The van der Waals surface area contributed by atoms with Crippen LogP contribution < -0.4 is 0 Å². The molecule has 2 aromatic heterocycles. The zero-order valence-electron chi connectivity index (χ0n) is 10.3. The fraction of sp³-hybridized carbons (Fsp3) is 0.267. The number of pyridine rings is 1. The molecule has 0 saturated heterocycles. The molecule has 3 aromatic rings. The van der Waals surface area contributed by atoms with Crippen LogP contribution in [0.1, 0.15) is 26.3 Å². The number of fused-ring (bicyclic) bond motifs is 3. The number of rotatable bonds is 0. The van der Waals surface area contributed by atoms with Gasteiger partial charge >= 0.3 is 0 Å². The van der Waals surface area contributed by atoms with Gasteiger partial charge in [0.15, 0.2) is 5.58 Å². The van der Waals surface area contributed by atoms with Gasteiger partial charge in [0.05, 0.1) is 6.20 Å². The Bertz CT molecular complexity index is 689. The lowest BCUT2D eigenvalue weighted by Gasteiger charge is -2.19. The molecule has 2 heteroatoms. The van der Waals surface area contributed by atoms with Crippen LogP contribution in [0.5, 0.6) is 0 Å². The van der Waals surface area contributed by atoms with E-state index in [-0.39, 0.29) is 5.41 Å². The predicted octanol–water partition coefficient (Wildman–Crippen LogP) is 4.28. The lowest BCUT2D eigenvalue weighted by atomic mass is 9.85. The second kappa shape index (κ2) is 3.33. The van der Waals surface area contributed by atoms with Crippen LogP contribution in [0.4, 0.5) is 0 Å². The minimum atomic E-state index is 0.0686. The molecule has 17 heavy (non-hydrogen) atoms. The summed E-state index contributed by atoms with van der Waals surface area (Å²) in [5.74, 6) is 0. The maximum absolute atomic E-state index is 5.83. The number of aromatic nitrogens is 1. The fourth-order valence-electron chi connectivity index (χ4n) is 2.25. The average Bonchev–Trinajstić information content (AvgIpc) is 2.65. The molecule has 0 N–H and O–H groups in total. The van der Waals surface area contributed by atoms with Crippen LogP contribution in [-0.2, 0) is 5.41 Å². The summed E-state index contributed by atoms with van der Waals surface area (Å²) in [6.45, 7) is 6.60. The third-order valence-electron chi connectivity index (χ3n) is 3.10. The molecule has 0 spiro atoms. The van der Waals surface area contributed by atoms with E-state index in [0.717, 1.165) is 11.2 Å². The Hall–Kier alpha value is -1.83. The zero-order valence-corrected chi connectivity index (χ0v) is 10.3. The lowest BCUT2D eigenvalue weighted by molar-refractivity contribution is 0.591. The van der Waals surface area contributed by atoms with Gasteiger partial charge in [-0.05, 0) is 17.0 Å². The van der Waals surface area contributed by atoms with Gasteiger partial charge in [-0.2, -0.15) is 0 Å². The Kier molecular flexibility index (Phi) is 2.02. The van der Waals surface area contributed by atoms with Crippen LogP contribution in [0, 0.1) is 0 Å². The molecule has 0 fully saturated rings. The van der Waals surface area contributed by atoms with Crippen molar-refractivity contribution in [3.05, 3.63) is 42.2 Å². The van der Waals surface area contributed by atoms with Crippen molar-refractivity contribution in [2.45, 2.75) is 26.2 Å². The number of benzene rings is 1. The first kappa shape index (κ1) is 10.3. The van der Waals surface area contributed by atoms with E-state index in [1.54, 1.807) is 6.20 Å². The first-order valence-electron chi connectivity index (χ1n) is 5.83. The van der Waals surface area contributed by atoms with E-state index in [0.29, 0.717) is 0 Å². The van der Waals surface area contributed by atoms with Gasteiger partial charge in [0.2, 0.25) is 0 Å². The van der Waals surface area contributed by atoms with Crippen LogP contribution in [-0.4, -0.2) is 4.98 Å². The molecule has 2 heterocycles. The zero-order chi connectivity index (χ0) is 12.0. The Morgan fingerprint density at radius 3 is 2.53 bits per heavy atom. The molecule has 0 bridgehead atoms. The number of hydrogen-bond acceptors (Lipinski definition) is 2. The Morgan fingerprint density at radius 2 is 1.76 bits per heavy atom. The molecule has 0 amide bonds. The van der Waals surface area contributed by atoms with Crippen molar-refractivity contribution in [2.24, 2.45) is 0 Å². The van der Waals surface area contributed by atoms with Gasteiger partial charge in [0.1, 0.15) is 5.58 Å². The topological polar surface area (TPSA) is 26.0 Å². The Balaban J connectivity index is 2.52. The Labute approximate surface area is 100 Å². The normalized spacial score (nSPS) is 12.4. The standard InChI is InChI=1S/C15H15NO/c1-15(2,3)11-8-16-9-13-14(11)10-6-4-5-7-12(10)17-13/h4-9H,1-3H3. The molecule has 0 aliphatic carbocycles. The van der Waals surface area contributed by atoms with Gasteiger partial charge in [0, 0.05) is 17.0 Å². The summed E-state index contributed by atoms with van der Waals surface area (Å²) in [7, 11) is 0. The fourth-order valence-corrected chi connectivity index (χ4v) is 2.25. The molecule has 86 valence electrons. The van der Waals surface area contributed by atoms with Crippen LogP contribution in [0.15, 0.2) is 41.1 Å². The van der Waals surface area contributed by atoms with Gasteiger partial charge in [-0.1, -0.05) is 39.0 Å². The molecule has 2 nitrogen and oxygen atoms in total. The van der Waals surface area contributed by atoms with Crippen LogP contribution in [0.25, 0.3) is 21.9 Å². The van der Waals surface area contributed by atoms with Crippen molar-refractivity contribution in [3.8, 4) is 0 Å². The molecule has 3 rings (SSSR count). The lowest BCUT2D eigenvalue weighted by Crippen LogP contribution is -2.11. The molecule has 0 saturated carbocycles. The first-order valence-corrected chi connectivity index (χ1v) is 5.83. The predicted molar refractivity (Wildman–Crippen MR) is 70.2 cm³/mol. The maximum Gasteiger partial charge on any atom is 0.153 e. The highest BCUT2D eigenvalue weighted by molar-refractivity contribution is 6.06. The van der Waals surface area contributed by atoms with Crippen molar-refractivity contribution >= 4 is 21.9 Å². The first-order chi connectivity index (χ1) is 8.07. The number of hydrogen-bond donors (Lipinski definition) is 0. The van der Waals surface area contributed by atoms with E-state index in [1.807, 2.05) is 24.4 Å². The van der Waals surface area contributed by atoms with Crippen LogP contribution >= 0.6 is 0 Å². The van der Waals surface area contributed by atoms with E-state index < -0.39 is 0 Å². The highest BCUT2D eigenvalue weighted by Gasteiger charge is 2.20. The summed E-state index contributed by atoms with van der Waals surface area (Å²) in [4.78, 5) is 4.28. The number of para-hydroxylation sites is 1. The summed E-state index contributed by atoms with van der Waals surface area (Å²) in [6.07, 6.45) is 3.74. The summed E-state index contributed by atoms with van der Waals surface area (Å²) in [5.41, 5.74) is 3.11. The second-order valence-corrected chi connectivity index (χ2v) is 5.41. The van der Waals surface area contributed by atoms with Gasteiger partial charge < -0.3 is 4.42 Å². The number of furan rings is 1. The molecule has 0 aliphatic rings.